The number of anilines is 2. The maximum Gasteiger partial charge on any atom is 0.191 e. The summed E-state index contributed by atoms with van der Waals surface area (Å²) in [6.07, 6.45) is 0.776. The first-order chi connectivity index (χ1) is 13.4. The third kappa shape index (κ3) is 6.35. The van der Waals surface area contributed by atoms with Crippen molar-refractivity contribution in [1.29, 1.82) is 0 Å². The molecule has 29 heavy (non-hydrogen) atoms. The average Bonchev–Trinajstić information content (AvgIpc) is 2.63. The van der Waals surface area contributed by atoms with Crippen LogP contribution >= 0.6 is 0 Å². The lowest BCUT2D eigenvalue weighted by atomic mass is 9.95. The van der Waals surface area contributed by atoms with Crippen LogP contribution in [0.5, 0.6) is 5.75 Å². The van der Waals surface area contributed by atoms with E-state index in [0.29, 0.717) is 12.5 Å². The summed E-state index contributed by atoms with van der Waals surface area (Å²) in [5, 5.41) is 13.3. The quantitative estimate of drug-likeness (QED) is 0.417. The number of nitrogens with two attached hydrogens (primary N) is 1. The Morgan fingerprint density at radius 1 is 1.34 bits per heavy atom. The minimum absolute atomic E-state index is 0.115. The van der Waals surface area contributed by atoms with Gasteiger partial charge in [0.25, 0.3) is 0 Å². The summed E-state index contributed by atoms with van der Waals surface area (Å²) in [4.78, 5) is 2.20. The zero-order valence-electron chi connectivity index (χ0n) is 19.3. The van der Waals surface area contributed by atoms with Crippen molar-refractivity contribution in [3.63, 3.8) is 0 Å². The Balaban J connectivity index is 2.11. The van der Waals surface area contributed by atoms with E-state index in [1.54, 1.807) is 0 Å². The largest absolute Gasteiger partial charge is 0.493 e. The molecule has 0 aliphatic carbocycles. The maximum atomic E-state index is 9.56. The summed E-state index contributed by atoms with van der Waals surface area (Å²) < 4.78 is 12.3. The molecule has 1 aliphatic rings. The smallest absolute Gasteiger partial charge is 0.191 e. The van der Waals surface area contributed by atoms with Crippen LogP contribution in [0.4, 0.5) is 11.4 Å². The monoisotopic (exact) mass is 423 g/mol. The van der Waals surface area contributed by atoms with Crippen molar-refractivity contribution in [2.45, 2.75) is 45.3 Å². The number of hydrogen-bond acceptors (Lipinski definition) is 6. The molecule has 1 heterocycles. The van der Waals surface area contributed by atoms with Crippen LogP contribution in [0.25, 0.3) is 0 Å². The number of hydrogen-bond donors (Lipinski definition) is 3. The highest BCUT2D eigenvalue weighted by molar-refractivity contribution is 6.74. The van der Waals surface area contributed by atoms with Gasteiger partial charge in [-0.25, -0.2) is 0 Å². The van der Waals surface area contributed by atoms with Gasteiger partial charge in [-0.05, 0) is 50.8 Å². The van der Waals surface area contributed by atoms with E-state index >= 15 is 0 Å². The fourth-order valence-corrected chi connectivity index (χ4v) is 4.43. The van der Waals surface area contributed by atoms with Gasteiger partial charge >= 0.3 is 0 Å². The van der Waals surface area contributed by atoms with E-state index in [1.807, 2.05) is 12.1 Å². The summed E-state index contributed by atoms with van der Waals surface area (Å²) >= 11 is 0. The number of nitrogen functional groups attached to an aromatic ring is 1. The molecule has 1 aromatic rings. The van der Waals surface area contributed by atoms with E-state index in [0.717, 1.165) is 48.8 Å². The number of nitrogens with zero attached hydrogens (tertiary/aromatic N) is 1. The molecule has 2 rings (SSSR count). The molecule has 0 bridgehead atoms. The fraction of sp³-hybridized carbons (Fsp3) is 0.727. The lowest BCUT2D eigenvalue weighted by molar-refractivity contribution is 0.147. The summed E-state index contributed by atoms with van der Waals surface area (Å²) in [7, 11) is 2.40. The number of fused-ring (bicyclic) bond motifs is 1. The Hall–Kier alpha value is -1.28. The first-order valence-electron chi connectivity index (χ1n) is 10.6. The third-order valence-corrected chi connectivity index (χ3v) is 10.7. The highest BCUT2D eigenvalue weighted by Crippen LogP contribution is 2.38. The fourth-order valence-electron chi connectivity index (χ4n) is 3.35. The van der Waals surface area contributed by atoms with Crippen molar-refractivity contribution >= 4 is 19.7 Å². The molecule has 0 fully saturated rings. The van der Waals surface area contributed by atoms with Crippen LogP contribution in [0.1, 0.15) is 26.3 Å². The standard InChI is InChI=1S/C22H41N3O3Si/c1-22(2,3)29(6,7)28-15-17(12-25(4)5)11-24-21-18-10-16(13-26)14-27-20(18)9-8-19(21)23/h8-9,16-17,24,26H,10-15,23H2,1-7H3. The summed E-state index contributed by atoms with van der Waals surface area (Å²) in [6.45, 7) is 14.5. The second-order valence-electron chi connectivity index (χ2n) is 10.2. The summed E-state index contributed by atoms with van der Waals surface area (Å²) in [5.41, 5.74) is 9.04. The zero-order valence-corrected chi connectivity index (χ0v) is 20.3. The first kappa shape index (κ1) is 24.0. The van der Waals surface area contributed by atoms with E-state index in [9.17, 15) is 5.11 Å². The maximum absolute atomic E-state index is 9.56. The van der Waals surface area contributed by atoms with Crippen molar-refractivity contribution in [1.82, 2.24) is 4.90 Å². The molecule has 0 radical (unpaired) electrons. The molecule has 0 amide bonds. The van der Waals surface area contributed by atoms with Crippen molar-refractivity contribution in [3.05, 3.63) is 17.7 Å². The predicted molar refractivity (Wildman–Crippen MR) is 124 cm³/mol. The second kappa shape index (κ2) is 9.68. The van der Waals surface area contributed by atoms with E-state index in [2.05, 4.69) is 58.2 Å². The van der Waals surface area contributed by atoms with Gasteiger partial charge in [-0.15, -0.1) is 0 Å². The van der Waals surface area contributed by atoms with Crippen LogP contribution in [0.15, 0.2) is 12.1 Å². The molecule has 1 aliphatic heterocycles. The molecular weight excluding hydrogens is 382 g/mol. The molecule has 166 valence electrons. The van der Waals surface area contributed by atoms with Gasteiger partial charge in [0.1, 0.15) is 5.75 Å². The van der Waals surface area contributed by atoms with Crippen molar-refractivity contribution in [2.75, 3.05) is 58.1 Å². The topological polar surface area (TPSA) is 80.0 Å². The molecule has 6 nitrogen and oxygen atoms in total. The number of aliphatic hydroxyl groups excluding tert-OH is 1. The highest BCUT2D eigenvalue weighted by atomic mass is 28.4. The first-order valence-corrected chi connectivity index (χ1v) is 13.5. The molecule has 2 unspecified atom stereocenters. The molecule has 0 saturated heterocycles. The number of aliphatic hydroxyl groups is 1. The van der Waals surface area contributed by atoms with Crippen LogP contribution in [-0.4, -0.2) is 65.3 Å². The van der Waals surface area contributed by atoms with Crippen molar-refractivity contribution in [3.8, 4) is 5.75 Å². The second-order valence-corrected chi connectivity index (χ2v) is 15.0. The SMILES string of the molecule is CN(C)CC(CNc1c(N)ccc2c1CC(CO)CO2)CO[Si](C)(C)C(C)(C)C. The van der Waals surface area contributed by atoms with Gasteiger partial charge in [0.15, 0.2) is 8.32 Å². The van der Waals surface area contributed by atoms with Crippen molar-refractivity contribution in [2.24, 2.45) is 11.8 Å². The van der Waals surface area contributed by atoms with Gasteiger partial charge < -0.3 is 30.2 Å². The van der Waals surface area contributed by atoms with Crippen LogP contribution in [0.2, 0.25) is 18.1 Å². The van der Waals surface area contributed by atoms with Crippen LogP contribution in [0.3, 0.4) is 0 Å². The Morgan fingerprint density at radius 3 is 2.62 bits per heavy atom. The number of rotatable bonds is 9. The van der Waals surface area contributed by atoms with Crippen LogP contribution in [0, 0.1) is 11.8 Å². The van der Waals surface area contributed by atoms with E-state index in [-0.39, 0.29) is 17.6 Å². The molecule has 4 N–H and O–H groups in total. The van der Waals surface area contributed by atoms with E-state index in [1.165, 1.54) is 0 Å². The van der Waals surface area contributed by atoms with Crippen LogP contribution in [-0.2, 0) is 10.8 Å². The Morgan fingerprint density at radius 2 is 2.03 bits per heavy atom. The van der Waals surface area contributed by atoms with E-state index in [4.69, 9.17) is 14.9 Å². The van der Waals surface area contributed by atoms with Gasteiger partial charge in [-0.2, -0.15) is 0 Å². The summed E-state index contributed by atoms with van der Waals surface area (Å²) in [6, 6.07) is 3.83. The molecule has 2 atom stereocenters. The summed E-state index contributed by atoms with van der Waals surface area (Å²) in [5.74, 6) is 1.32. The molecule has 1 aromatic carbocycles. The molecular formula is C22H41N3O3Si. The molecule has 0 aromatic heterocycles. The number of benzene rings is 1. The van der Waals surface area contributed by atoms with Gasteiger partial charge in [0.2, 0.25) is 0 Å². The molecule has 7 heteroatoms. The normalized spacial score (nSPS) is 18.3. The highest BCUT2D eigenvalue weighted by Gasteiger charge is 2.37. The minimum Gasteiger partial charge on any atom is -0.493 e. The zero-order chi connectivity index (χ0) is 21.8. The minimum atomic E-state index is -1.79. The predicted octanol–water partition coefficient (Wildman–Crippen LogP) is 3.42. The Bertz CT molecular complexity index is 674. The van der Waals surface area contributed by atoms with Gasteiger partial charge in [-0.3, -0.25) is 0 Å². The van der Waals surface area contributed by atoms with E-state index < -0.39 is 8.32 Å². The lowest BCUT2D eigenvalue weighted by Gasteiger charge is -2.37. The van der Waals surface area contributed by atoms with Crippen molar-refractivity contribution < 1.29 is 14.3 Å². The third-order valence-electron chi connectivity index (χ3n) is 6.20. The number of ether oxygens (including phenoxy) is 1. The van der Waals surface area contributed by atoms with Gasteiger partial charge in [0.05, 0.1) is 18.0 Å². The number of nitrogens with one attached hydrogen (secondary N) is 1. The van der Waals surface area contributed by atoms with Gasteiger partial charge in [-0.1, -0.05) is 20.8 Å². The van der Waals surface area contributed by atoms with Gasteiger partial charge in [0, 0.05) is 43.7 Å². The Kier molecular flexibility index (Phi) is 8.01. The molecule has 0 saturated carbocycles. The lowest BCUT2D eigenvalue weighted by Crippen LogP contribution is -2.43. The molecule has 0 spiro atoms. The Labute approximate surface area is 177 Å². The average molecular weight is 424 g/mol. The van der Waals surface area contributed by atoms with Crippen LogP contribution < -0.4 is 15.8 Å².